The molecule has 0 atom stereocenters. The number of ether oxygens (including phenoxy) is 1. The third-order valence-electron chi connectivity index (χ3n) is 3.94. The average molecular weight is 361 g/mol. The van der Waals surface area contributed by atoms with Gasteiger partial charge in [-0.3, -0.25) is 14.6 Å². The first-order valence-electron chi connectivity index (χ1n) is 8.38. The van der Waals surface area contributed by atoms with Crippen molar-refractivity contribution in [1.82, 2.24) is 10.3 Å². The van der Waals surface area contributed by atoms with E-state index in [4.69, 9.17) is 4.74 Å². The van der Waals surface area contributed by atoms with E-state index in [1.54, 1.807) is 61.8 Å². The van der Waals surface area contributed by atoms with Crippen LogP contribution in [0.25, 0.3) is 0 Å². The molecule has 1 heterocycles. The molecule has 27 heavy (non-hydrogen) atoms. The van der Waals surface area contributed by atoms with Crippen LogP contribution in [0.15, 0.2) is 73.1 Å². The van der Waals surface area contributed by atoms with Gasteiger partial charge in [-0.15, -0.1) is 0 Å². The van der Waals surface area contributed by atoms with Gasteiger partial charge in [0.2, 0.25) is 0 Å². The van der Waals surface area contributed by atoms with E-state index < -0.39 is 0 Å². The summed E-state index contributed by atoms with van der Waals surface area (Å²) in [5.41, 5.74) is 2.66. The van der Waals surface area contributed by atoms with Crippen LogP contribution in [0.5, 0.6) is 5.75 Å². The summed E-state index contributed by atoms with van der Waals surface area (Å²) in [6, 6.07) is 17.6. The van der Waals surface area contributed by atoms with Crippen molar-refractivity contribution in [2.75, 3.05) is 12.4 Å². The number of methoxy groups -OCH3 is 1. The van der Waals surface area contributed by atoms with Crippen molar-refractivity contribution in [3.63, 3.8) is 0 Å². The van der Waals surface area contributed by atoms with E-state index in [9.17, 15) is 9.59 Å². The number of hydrogen-bond acceptors (Lipinski definition) is 4. The van der Waals surface area contributed by atoms with E-state index in [-0.39, 0.29) is 11.8 Å². The van der Waals surface area contributed by atoms with Gasteiger partial charge >= 0.3 is 0 Å². The van der Waals surface area contributed by atoms with Crippen LogP contribution >= 0.6 is 0 Å². The number of nitrogens with zero attached hydrogens (tertiary/aromatic N) is 1. The third-order valence-corrected chi connectivity index (χ3v) is 3.94. The van der Waals surface area contributed by atoms with Gasteiger partial charge in [-0.2, -0.15) is 0 Å². The Hall–Kier alpha value is -3.67. The van der Waals surface area contributed by atoms with E-state index >= 15 is 0 Å². The predicted molar refractivity (Wildman–Crippen MR) is 103 cm³/mol. The van der Waals surface area contributed by atoms with Crippen molar-refractivity contribution in [3.05, 3.63) is 89.7 Å². The summed E-state index contributed by atoms with van der Waals surface area (Å²) in [7, 11) is 1.58. The molecule has 0 unspecified atom stereocenters. The summed E-state index contributed by atoms with van der Waals surface area (Å²) in [6.07, 6.45) is 3.13. The maximum Gasteiger partial charge on any atom is 0.257 e. The second kappa shape index (κ2) is 8.62. The Bertz CT molecular complexity index is 908. The summed E-state index contributed by atoms with van der Waals surface area (Å²) >= 11 is 0. The maximum atomic E-state index is 12.2. The highest BCUT2D eigenvalue weighted by atomic mass is 16.5. The van der Waals surface area contributed by atoms with Gasteiger partial charge in [0.25, 0.3) is 11.8 Å². The van der Waals surface area contributed by atoms with Crippen LogP contribution in [0.2, 0.25) is 0 Å². The van der Waals surface area contributed by atoms with Gasteiger partial charge in [-0.1, -0.05) is 12.1 Å². The Balaban J connectivity index is 1.54. The lowest BCUT2D eigenvalue weighted by atomic mass is 10.1. The highest BCUT2D eigenvalue weighted by molar-refractivity contribution is 6.04. The zero-order chi connectivity index (χ0) is 19.1. The number of rotatable bonds is 6. The first kappa shape index (κ1) is 18.1. The van der Waals surface area contributed by atoms with E-state index in [1.807, 2.05) is 12.1 Å². The van der Waals surface area contributed by atoms with Crippen LogP contribution in [0, 0.1) is 0 Å². The van der Waals surface area contributed by atoms with Crippen molar-refractivity contribution in [1.29, 1.82) is 0 Å². The number of hydrogen-bond donors (Lipinski definition) is 2. The molecule has 2 aromatic carbocycles. The average Bonchev–Trinajstić information content (AvgIpc) is 2.73. The molecule has 0 saturated heterocycles. The Labute approximate surface area is 157 Å². The Morgan fingerprint density at radius 1 is 0.926 bits per heavy atom. The van der Waals surface area contributed by atoms with Crippen molar-refractivity contribution < 1.29 is 14.3 Å². The monoisotopic (exact) mass is 361 g/mol. The molecule has 2 amide bonds. The fourth-order valence-electron chi connectivity index (χ4n) is 2.43. The highest BCUT2D eigenvalue weighted by Crippen LogP contribution is 2.13. The Kier molecular flexibility index (Phi) is 5.79. The van der Waals surface area contributed by atoms with Gasteiger partial charge in [0, 0.05) is 30.2 Å². The highest BCUT2D eigenvalue weighted by Gasteiger charge is 2.07. The molecule has 0 radical (unpaired) electrons. The van der Waals surface area contributed by atoms with Crippen LogP contribution in [0.4, 0.5) is 5.69 Å². The molecule has 1 aromatic heterocycles. The molecular weight excluding hydrogens is 342 g/mol. The molecule has 6 heteroatoms. The molecule has 0 saturated carbocycles. The molecule has 0 bridgehead atoms. The standard InChI is InChI=1S/C21H19N3O3/c1-27-19-10-6-16(7-11-19)20(25)23-13-15-4-8-18(9-5-15)24-21(26)17-3-2-12-22-14-17/h2-12,14H,13H2,1H3,(H,23,25)(H,24,26). The number of carbonyl (C=O) groups excluding carboxylic acids is 2. The summed E-state index contributed by atoms with van der Waals surface area (Å²) < 4.78 is 5.08. The second-order valence-electron chi connectivity index (χ2n) is 5.80. The number of benzene rings is 2. The van der Waals surface area contributed by atoms with Crippen molar-refractivity contribution in [3.8, 4) is 5.75 Å². The summed E-state index contributed by atoms with van der Waals surface area (Å²) in [4.78, 5) is 28.2. The van der Waals surface area contributed by atoms with Crippen molar-refractivity contribution >= 4 is 17.5 Å². The number of carbonyl (C=O) groups is 2. The lowest BCUT2D eigenvalue weighted by Crippen LogP contribution is -2.22. The van der Waals surface area contributed by atoms with Gasteiger partial charge in [-0.05, 0) is 54.1 Å². The number of amides is 2. The molecule has 0 aliphatic heterocycles. The number of anilines is 1. The van der Waals surface area contributed by atoms with Crippen LogP contribution in [0.1, 0.15) is 26.3 Å². The van der Waals surface area contributed by atoms with Gasteiger partial charge in [0.15, 0.2) is 0 Å². The van der Waals surface area contributed by atoms with Crippen LogP contribution in [-0.2, 0) is 6.54 Å². The summed E-state index contributed by atoms with van der Waals surface area (Å²) in [5, 5.41) is 5.67. The van der Waals surface area contributed by atoms with E-state index in [0.29, 0.717) is 29.1 Å². The van der Waals surface area contributed by atoms with Gasteiger partial charge in [0.1, 0.15) is 5.75 Å². The van der Waals surface area contributed by atoms with Crippen LogP contribution in [0.3, 0.4) is 0 Å². The molecule has 2 N–H and O–H groups in total. The zero-order valence-electron chi connectivity index (χ0n) is 14.8. The molecule has 0 aliphatic rings. The SMILES string of the molecule is COc1ccc(C(=O)NCc2ccc(NC(=O)c3cccnc3)cc2)cc1. The number of pyridine rings is 1. The molecule has 136 valence electrons. The first-order valence-corrected chi connectivity index (χ1v) is 8.38. The van der Waals surface area contributed by atoms with Crippen LogP contribution < -0.4 is 15.4 Å². The first-order chi connectivity index (χ1) is 13.2. The van der Waals surface area contributed by atoms with Crippen LogP contribution in [-0.4, -0.2) is 23.9 Å². The van der Waals surface area contributed by atoms with Gasteiger partial charge in [-0.25, -0.2) is 0 Å². The second-order valence-corrected chi connectivity index (χ2v) is 5.80. The third kappa shape index (κ3) is 4.92. The molecule has 3 rings (SSSR count). The van der Waals surface area contributed by atoms with Crippen molar-refractivity contribution in [2.45, 2.75) is 6.54 Å². The number of nitrogens with one attached hydrogen (secondary N) is 2. The minimum Gasteiger partial charge on any atom is -0.497 e. The lowest BCUT2D eigenvalue weighted by molar-refractivity contribution is 0.0950. The normalized spacial score (nSPS) is 10.1. The maximum absolute atomic E-state index is 12.2. The molecule has 0 fully saturated rings. The summed E-state index contributed by atoms with van der Waals surface area (Å²) in [5.74, 6) is 0.325. The molecule has 6 nitrogen and oxygen atoms in total. The lowest BCUT2D eigenvalue weighted by Gasteiger charge is -2.08. The van der Waals surface area contributed by atoms with Gasteiger partial charge in [0.05, 0.1) is 12.7 Å². The fourth-order valence-corrected chi connectivity index (χ4v) is 2.43. The minimum absolute atomic E-state index is 0.161. The Morgan fingerprint density at radius 2 is 1.67 bits per heavy atom. The van der Waals surface area contributed by atoms with E-state index in [2.05, 4.69) is 15.6 Å². The zero-order valence-corrected chi connectivity index (χ0v) is 14.8. The van der Waals surface area contributed by atoms with E-state index in [0.717, 1.165) is 5.56 Å². The smallest absolute Gasteiger partial charge is 0.257 e. The molecule has 3 aromatic rings. The van der Waals surface area contributed by atoms with Gasteiger partial charge < -0.3 is 15.4 Å². The largest absolute Gasteiger partial charge is 0.497 e. The fraction of sp³-hybridized carbons (Fsp3) is 0.0952. The Morgan fingerprint density at radius 3 is 2.30 bits per heavy atom. The topological polar surface area (TPSA) is 80.3 Å². The minimum atomic E-state index is -0.219. The summed E-state index contributed by atoms with van der Waals surface area (Å²) in [6.45, 7) is 0.391. The molecule has 0 aliphatic carbocycles. The van der Waals surface area contributed by atoms with Crippen molar-refractivity contribution in [2.24, 2.45) is 0 Å². The van der Waals surface area contributed by atoms with E-state index in [1.165, 1.54) is 6.20 Å². The quantitative estimate of drug-likeness (QED) is 0.706. The molecular formula is C21H19N3O3. The molecule has 0 spiro atoms. The number of aromatic nitrogens is 1. The predicted octanol–water partition coefficient (Wildman–Crippen LogP) is 3.27.